The monoisotopic (exact) mass is 311 g/mol. The van der Waals surface area contributed by atoms with Crippen LogP contribution >= 0.6 is 0 Å². The molecular formula is C15H25N3O2S. The van der Waals surface area contributed by atoms with Gasteiger partial charge in [0.15, 0.2) is 0 Å². The molecule has 1 aromatic rings. The molecule has 2 fully saturated rings. The van der Waals surface area contributed by atoms with Gasteiger partial charge < -0.3 is 9.88 Å². The van der Waals surface area contributed by atoms with E-state index in [0.717, 1.165) is 31.6 Å². The second-order valence-corrected chi connectivity index (χ2v) is 8.11. The molecule has 118 valence electrons. The van der Waals surface area contributed by atoms with E-state index in [9.17, 15) is 8.42 Å². The fourth-order valence-electron chi connectivity index (χ4n) is 3.04. The zero-order valence-electron chi connectivity index (χ0n) is 12.9. The van der Waals surface area contributed by atoms with Crippen LogP contribution in [-0.4, -0.2) is 35.9 Å². The molecule has 21 heavy (non-hydrogen) atoms. The van der Waals surface area contributed by atoms with Crippen molar-refractivity contribution in [3.05, 3.63) is 18.0 Å². The van der Waals surface area contributed by atoms with Gasteiger partial charge in [-0.05, 0) is 45.6 Å². The maximum Gasteiger partial charge on any atom is 0.244 e. The van der Waals surface area contributed by atoms with Crippen LogP contribution in [0.1, 0.15) is 45.2 Å². The van der Waals surface area contributed by atoms with E-state index in [2.05, 4.69) is 12.2 Å². The van der Waals surface area contributed by atoms with Crippen molar-refractivity contribution in [2.24, 2.45) is 0 Å². The number of rotatable bonds is 6. The number of nitrogens with one attached hydrogen (secondary N) is 1. The summed E-state index contributed by atoms with van der Waals surface area (Å²) in [5, 5.41) is 3.46. The van der Waals surface area contributed by atoms with E-state index in [0.29, 0.717) is 17.5 Å². The fourth-order valence-corrected chi connectivity index (χ4v) is 4.81. The molecule has 0 radical (unpaired) electrons. The minimum absolute atomic E-state index is 0.119. The number of aromatic nitrogens is 1. The van der Waals surface area contributed by atoms with E-state index in [1.165, 1.54) is 12.8 Å². The lowest BCUT2D eigenvalue weighted by Crippen LogP contribution is -2.33. The number of nitrogens with zero attached hydrogens (tertiary/aromatic N) is 2. The first-order chi connectivity index (χ1) is 10.0. The van der Waals surface area contributed by atoms with Crippen LogP contribution in [-0.2, 0) is 23.1 Å². The minimum Gasteiger partial charge on any atom is -0.349 e. The average molecular weight is 311 g/mol. The van der Waals surface area contributed by atoms with E-state index >= 15 is 0 Å². The number of hydrogen-bond donors (Lipinski definition) is 1. The maximum atomic E-state index is 12.8. The van der Waals surface area contributed by atoms with Crippen molar-refractivity contribution < 1.29 is 8.42 Å². The molecule has 1 unspecified atom stereocenters. The summed E-state index contributed by atoms with van der Waals surface area (Å²) in [4.78, 5) is 0.450. The van der Waals surface area contributed by atoms with Crippen LogP contribution in [0.15, 0.2) is 17.2 Å². The second kappa shape index (κ2) is 5.74. The Morgan fingerprint density at radius 2 is 2.10 bits per heavy atom. The number of hydrogen-bond acceptors (Lipinski definition) is 3. The lowest BCUT2D eigenvalue weighted by molar-refractivity contribution is 0.408. The highest BCUT2D eigenvalue weighted by atomic mass is 32.2. The summed E-state index contributed by atoms with van der Waals surface area (Å²) in [6.45, 7) is 6.25. The predicted octanol–water partition coefficient (Wildman–Crippen LogP) is 1.93. The van der Waals surface area contributed by atoms with E-state index in [4.69, 9.17) is 0 Å². The maximum absolute atomic E-state index is 12.8. The summed E-state index contributed by atoms with van der Waals surface area (Å²) < 4.78 is 29.2. The molecule has 0 spiro atoms. The quantitative estimate of drug-likeness (QED) is 0.873. The van der Waals surface area contributed by atoms with E-state index in [1.807, 2.05) is 17.6 Å². The Morgan fingerprint density at radius 3 is 2.67 bits per heavy atom. The SMILES string of the molecule is CCn1cc(S(=O)(=O)N2CCCC2C)cc1CNC1CC1. The summed E-state index contributed by atoms with van der Waals surface area (Å²) in [6, 6.07) is 2.59. The van der Waals surface area contributed by atoms with Crippen LogP contribution in [0.2, 0.25) is 0 Å². The first-order valence-electron chi connectivity index (χ1n) is 7.96. The molecule has 2 aliphatic rings. The third-order valence-electron chi connectivity index (χ3n) is 4.55. The average Bonchev–Trinajstić information content (AvgIpc) is 3.01. The van der Waals surface area contributed by atoms with E-state index < -0.39 is 10.0 Å². The van der Waals surface area contributed by atoms with E-state index in [-0.39, 0.29) is 6.04 Å². The number of sulfonamides is 1. The van der Waals surface area contributed by atoms with Crippen molar-refractivity contribution in [3.63, 3.8) is 0 Å². The third kappa shape index (κ3) is 3.03. The molecular weight excluding hydrogens is 286 g/mol. The smallest absolute Gasteiger partial charge is 0.244 e. The Balaban J connectivity index is 1.83. The van der Waals surface area contributed by atoms with Gasteiger partial charge >= 0.3 is 0 Å². The van der Waals surface area contributed by atoms with Gasteiger partial charge in [0.25, 0.3) is 0 Å². The fraction of sp³-hybridized carbons (Fsp3) is 0.733. The summed E-state index contributed by atoms with van der Waals surface area (Å²) >= 11 is 0. The minimum atomic E-state index is -3.34. The van der Waals surface area contributed by atoms with Gasteiger partial charge in [-0.3, -0.25) is 0 Å². The van der Waals surface area contributed by atoms with Crippen molar-refractivity contribution in [3.8, 4) is 0 Å². The summed E-state index contributed by atoms with van der Waals surface area (Å²) in [5.74, 6) is 0. The van der Waals surface area contributed by atoms with E-state index in [1.54, 1.807) is 10.5 Å². The molecule has 5 nitrogen and oxygen atoms in total. The van der Waals surface area contributed by atoms with Crippen LogP contribution in [0, 0.1) is 0 Å². The van der Waals surface area contributed by atoms with Gasteiger partial charge in [0.05, 0.1) is 0 Å². The molecule has 1 saturated carbocycles. The molecule has 6 heteroatoms. The normalized spacial score (nSPS) is 23.8. The molecule has 1 aliphatic carbocycles. The highest BCUT2D eigenvalue weighted by Crippen LogP contribution is 2.27. The molecule has 1 N–H and O–H groups in total. The molecule has 3 rings (SSSR count). The largest absolute Gasteiger partial charge is 0.349 e. The molecule has 1 saturated heterocycles. The molecule has 1 atom stereocenters. The van der Waals surface area contributed by atoms with Crippen molar-refractivity contribution in [2.75, 3.05) is 6.54 Å². The van der Waals surface area contributed by atoms with Gasteiger partial charge in [0, 0.05) is 43.6 Å². The van der Waals surface area contributed by atoms with Crippen molar-refractivity contribution in [1.29, 1.82) is 0 Å². The van der Waals surface area contributed by atoms with Crippen LogP contribution in [0.4, 0.5) is 0 Å². The Kier molecular flexibility index (Phi) is 4.12. The predicted molar refractivity (Wildman–Crippen MR) is 82.6 cm³/mol. The third-order valence-corrected chi connectivity index (χ3v) is 6.53. The molecule has 1 aromatic heterocycles. The highest BCUT2D eigenvalue weighted by molar-refractivity contribution is 7.89. The molecule has 2 heterocycles. The van der Waals surface area contributed by atoms with Crippen molar-refractivity contribution >= 4 is 10.0 Å². The molecule has 1 aliphatic heterocycles. The first-order valence-corrected chi connectivity index (χ1v) is 9.40. The Labute approximate surface area is 127 Å². The summed E-state index contributed by atoms with van der Waals surface area (Å²) in [6.07, 6.45) is 6.20. The van der Waals surface area contributed by atoms with Gasteiger partial charge in [0.1, 0.15) is 4.90 Å². The van der Waals surface area contributed by atoms with Crippen LogP contribution in [0.25, 0.3) is 0 Å². The number of aryl methyl sites for hydroxylation is 1. The van der Waals surface area contributed by atoms with Crippen molar-refractivity contribution in [1.82, 2.24) is 14.2 Å². The van der Waals surface area contributed by atoms with Crippen molar-refractivity contribution in [2.45, 2.75) is 69.6 Å². The zero-order chi connectivity index (χ0) is 15.0. The molecule has 0 bridgehead atoms. The van der Waals surface area contributed by atoms with Gasteiger partial charge in [-0.15, -0.1) is 0 Å². The lowest BCUT2D eigenvalue weighted by Gasteiger charge is -2.19. The Morgan fingerprint density at radius 1 is 1.33 bits per heavy atom. The Hall–Kier alpha value is -0.850. The zero-order valence-corrected chi connectivity index (χ0v) is 13.7. The second-order valence-electron chi connectivity index (χ2n) is 6.22. The van der Waals surface area contributed by atoms with Gasteiger partial charge in [-0.25, -0.2) is 8.42 Å². The Bertz CT molecular complexity index is 604. The van der Waals surface area contributed by atoms with Crippen LogP contribution in [0.3, 0.4) is 0 Å². The highest BCUT2D eigenvalue weighted by Gasteiger charge is 2.33. The first kappa shape index (κ1) is 15.1. The summed E-state index contributed by atoms with van der Waals surface area (Å²) in [7, 11) is -3.34. The lowest BCUT2D eigenvalue weighted by atomic mass is 10.3. The standard InChI is InChI=1S/C15H25N3O2S/c1-3-17-11-15(9-14(17)10-16-13-6-7-13)21(19,20)18-8-4-5-12(18)2/h9,11-13,16H,3-8,10H2,1-2H3. The van der Waals surface area contributed by atoms with Gasteiger partial charge in [-0.2, -0.15) is 4.31 Å². The van der Waals surface area contributed by atoms with Gasteiger partial charge in [-0.1, -0.05) is 0 Å². The van der Waals surface area contributed by atoms with Gasteiger partial charge in [0.2, 0.25) is 10.0 Å². The van der Waals surface area contributed by atoms with Crippen LogP contribution in [0.5, 0.6) is 0 Å². The molecule has 0 aromatic carbocycles. The van der Waals surface area contributed by atoms with Crippen LogP contribution < -0.4 is 5.32 Å². The molecule has 0 amide bonds. The summed E-state index contributed by atoms with van der Waals surface area (Å²) in [5.41, 5.74) is 1.06. The topological polar surface area (TPSA) is 54.3 Å².